The van der Waals surface area contributed by atoms with Gasteiger partial charge in [0.25, 0.3) is 5.91 Å². The first-order valence-electron chi connectivity index (χ1n) is 8.38. The number of hydrogen-bond donors (Lipinski definition) is 2. The van der Waals surface area contributed by atoms with E-state index in [9.17, 15) is 14.4 Å². The first kappa shape index (κ1) is 18.0. The largest absolute Gasteiger partial charge is 0.353 e. The van der Waals surface area contributed by atoms with Gasteiger partial charge in [-0.2, -0.15) is 0 Å². The number of carbonyl (C=O) groups excluding carboxylic acids is 3. The lowest BCUT2D eigenvalue weighted by Crippen LogP contribution is -2.49. The monoisotopic (exact) mass is 331 g/mol. The molecule has 24 heavy (non-hydrogen) atoms. The topological polar surface area (TPSA) is 78.5 Å². The summed E-state index contributed by atoms with van der Waals surface area (Å²) < 4.78 is 0. The lowest BCUT2D eigenvalue weighted by atomic mass is 10.0. The van der Waals surface area contributed by atoms with Crippen molar-refractivity contribution < 1.29 is 14.4 Å². The molecule has 130 valence electrons. The second-order valence-electron chi connectivity index (χ2n) is 6.37. The lowest BCUT2D eigenvalue weighted by Gasteiger charge is -2.32. The minimum atomic E-state index is -0.247. The Hall–Kier alpha value is -2.37. The Balaban J connectivity index is 1.73. The Morgan fingerprint density at radius 3 is 2.33 bits per heavy atom. The van der Waals surface area contributed by atoms with Gasteiger partial charge in [-0.3, -0.25) is 14.4 Å². The second-order valence-corrected chi connectivity index (χ2v) is 6.37. The standard InChI is InChI=1S/C18H25N3O3/c1-13(2)17(23)20-15-8-10-21(11-9-15)16(22)12-19-18(24)14-6-4-3-5-7-14/h3-7,13,15H,8-12H2,1-2H3,(H,19,24)(H,20,23). The zero-order chi connectivity index (χ0) is 17.5. The summed E-state index contributed by atoms with van der Waals surface area (Å²) in [5.41, 5.74) is 0.542. The Bertz CT molecular complexity index is 578. The highest BCUT2D eigenvalue weighted by atomic mass is 16.2. The van der Waals surface area contributed by atoms with Gasteiger partial charge in [-0.25, -0.2) is 0 Å². The fourth-order valence-electron chi connectivity index (χ4n) is 2.60. The van der Waals surface area contributed by atoms with Crippen LogP contribution >= 0.6 is 0 Å². The van der Waals surface area contributed by atoms with Crippen molar-refractivity contribution in [3.63, 3.8) is 0 Å². The molecule has 1 fully saturated rings. The zero-order valence-electron chi connectivity index (χ0n) is 14.2. The predicted octanol–water partition coefficient (Wildman–Crippen LogP) is 1.18. The van der Waals surface area contributed by atoms with Gasteiger partial charge in [0, 0.05) is 30.6 Å². The van der Waals surface area contributed by atoms with Gasteiger partial charge in [0.2, 0.25) is 11.8 Å². The van der Waals surface area contributed by atoms with Gasteiger partial charge >= 0.3 is 0 Å². The van der Waals surface area contributed by atoms with E-state index in [1.807, 2.05) is 19.9 Å². The highest BCUT2D eigenvalue weighted by Gasteiger charge is 2.24. The van der Waals surface area contributed by atoms with Crippen molar-refractivity contribution in [1.29, 1.82) is 0 Å². The molecule has 0 aliphatic carbocycles. The van der Waals surface area contributed by atoms with Gasteiger partial charge in [0.1, 0.15) is 0 Å². The van der Waals surface area contributed by atoms with Crippen LogP contribution in [0.1, 0.15) is 37.0 Å². The van der Waals surface area contributed by atoms with Gasteiger partial charge in [0.05, 0.1) is 6.54 Å². The molecule has 0 unspecified atom stereocenters. The fraction of sp³-hybridized carbons (Fsp3) is 0.500. The summed E-state index contributed by atoms with van der Waals surface area (Å²) in [5, 5.41) is 5.66. The summed E-state index contributed by atoms with van der Waals surface area (Å²) in [4.78, 5) is 37.6. The quantitative estimate of drug-likeness (QED) is 0.850. The Morgan fingerprint density at radius 2 is 1.75 bits per heavy atom. The highest BCUT2D eigenvalue weighted by Crippen LogP contribution is 2.11. The molecule has 1 heterocycles. The van der Waals surface area contributed by atoms with E-state index in [2.05, 4.69) is 10.6 Å². The summed E-state index contributed by atoms with van der Waals surface area (Å²) in [7, 11) is 0. The van der Waals surface area contributed by atoms with Gasteiger partial charge in [0.15, 0.2) is 0 Å². The molecule has 2 rings (SSSR count). The molecule has 1 aromatic rings. The molecule has 0 atom stereocenters. The first-order valence-corrected chi connectivity index (χ1v) is 8.38. The molecule has 0 radical (unpaired) electrons. The number of rotatable bonds is 5. The van der Waals surface area contributed by atoms with Crippen LogP contribution in [0, 0.1) is 5.92 Å². The van der Waals surface area contributed by atoms with E-state index < -0.39 is 0 Å². The van der Waals surface area contributed by atoms with E-state index in [-0.39, 0.29) is 36.2 Å². The van der Waals surface area contributed by atoms with Crippen LogP contribution in [0.2, 0.25) is 0 Å². The molecular formula is C18H25N3O3. The SMILES string of the molecule is CC(C)C(=O)NC1CCN(C(=O)CNC(=O)c2ccccc2)CC1. The molecule has 6 heteroatoms. The molecule has 3 amide bonds. The number of carbonyl (C=O) groups is 3. The molecule has 0 bridgehead atoms. The maximum absolute atomic E-state index is 12.2. The number of amides is 3. The molecular weight excluding hydrogens is 306 g/mol. The summed E-state index contributed by atoms with van der Waals surface area (Å²) >= 11 is 0. The molecule has 1 saturated heterocycles. The van der Waals surface area contributed by atoms with E-state index in [1.54, 1.807) is 29.2 Å². The smallest absolute Gasteiger partial charge is 0.251 e. The lowest BCUT2D eigenvalue weighted by molar-refractivity contribution is -0.131. The maximum Gasteiger partial charge on any atom is 0.251 e. The second kappa shape index (κ2) is 8.47. The van der Waals surface area contributed by atoms with Crippen molar-refractivity contribution in [3.05, 3.63) is 35.9 Å². The third-order valence-corrected chi connectivity index (χ3v) is 4.15. The summed E-state index contributed by atoms with van der Waals surface area (Å²) in [6, 6.07) is 8.96. The van der Waals surface area contributed by atoms with Gasteiger partial charge < -0.3 is 15.5 Å². The van der Waals surface area contributed by atoms with Crippen LogP contribution in [0.5, 0.6) is 0 Å². The number of nitrogens with one attached hydrogen (secondary N) is 2. The highest BCUT2D eigenvalue weighted by molar-refractivity contribution is 5.96. The number of benzene rings is 1. The average molecular weight is 331 g/mol. The van der Waals surface area contributed by atoms with Crippen molar-refractivity contribution in [2.45, 2.75) is 32.7 Å². The summed E-state index contributed by atoms with van der Waals surface area (Å²) in [5.74, 6) is -0.316. The molecule has 0 aromatic heterocycles. The Kier molecular flexibility index (Phi) is 6.35. The van der Waals surface area contributed by atoms with Crippen LogP contribution in [-0.2, 0) is 9.59 Å². The van der Waals surface area contributed by atoms with E-state index in [4.69, 9.17) is 0 Å². The van der Waals surface area contributed by atoms with Gasteiger partial charge in [-0.15, -0.1) is 0 Å². The van der Waals surface area contributed by atoms with Gasteiger partial charge in [-0.1, -0.05) is 32.0 Å². The van der Waals surface area contributed by atoms with Crippen molar-refractivity contribution >= 4 is 17.7 Å². The molecule has 6 nitrogen and oxygen atoms in total. The third kappa shape index (κ3) is 5.08. The third-order valence-electron chi connectivity index (χ3n) is 4.15. The minimum absolute atomic E-state index is 0.00323. The number of hydrogen-bond acceptors (Lipinski definition) is 3. The molecule has 1 aliphatic rings. The van der Waals surface area contributed by atoms with E-state index in [0.717, 1.165) is 12.8 Å². The Labute approximate surface area is 142 Å². The summed E-state index contributed by atoms with van der Waals surface area (Å²) in [6.45, 7) is 4.93. The van der Waals surface area contributed by atoms with Crippen molar-refractivity contribution in [3.8, 4) is 0 Å². The molecule has 2 N–H and O–H groups in total. The fourth-order valence-corrected chi connectivity index (χ4v) is 2.60. The first-order chi connectivity index (χ1) is 11.5. The van der Waals surface area contributed by atoms with Crippen molar-refractivity contribution in [1.82, 2.24) is 15.5 Å². The molecule has 1 aromatic carbocycles. The zero-order valence-corrected chi connectivity index (χ0v) is 14.2. The number of likely N-dealkylation sites (tertiary alicyclic amines) is 1. The van der Waals surface area contributed by atoms with Gasteiger partial charge in [-0.05, 0) is 25.0 Å². The van der Waals surface area contributed by atoms with Crippen LogP contribution in [0.4, 0.5) is 0 Å². The van der Waals surface area contributed by atoms with Crippen molar-refractivity contribution in [2.24, 2.45) is 5.92 Å². The maximum atomic E-state index is 12.2. The van der Waals surface area contributed by atoms with Crippen LogP contribution in [0.15, 0.2) is 30.3 Å². The van der Waals surface area contributed by atoms with E-state index in [1.165, 1.54) is 0 Å². The minimum Gasteiger partial charge on any atom is -0.353 e. The van der Waals surface area contributed by atoms with Crippen LogP contribution in [-0.4, -0.2) is 48.3 Å². The average Bonchev–Trinajstić information content (AvgIpc) is 2.60. The van der Waals surface area contributed by atoms with Crippen LogP contribution < -0.4 is 10.6 Å². The number of piperidine rings is 1. The van der Waals surface area contributed by atoms with Crippen LogP contribution in [0.25, 0.3) is 0 Å². The summed E-state index contributed by atoms with van der Waals surface area (Å²) in [6.07, 6.45) is 1.49. The van der Waals surface area contributed by atoms with E-state index >= 15 is 0 Å². The van der Waals surface area contributed by atoms with E-state index in [0.29, 0.717) is 18.7 Å². The molecule has 0 saturated carbocycles. The molecule has 0 spiro atoms. The number of nitrogens with zero attached hydrogens (tertiary/aromatic N) is 1. The Morgan fingerprint density at radius 1 is 1.12 bits per heavy atom. The predicted molar refractivity (Wildman–Crippen MR) is 91.4 cm³/mol. The molecule has 1 aliphatic heterocycles. The van der Waals surface area contributed by atoms with Crippen molar-refractivity contribution in [2.75, 3.05) is 19.6 Å². The normalized spacial score (nSPS) is 15.2. The van der Waals surface area contributed by atoms with Crippen LogP contribution in [0.3, 0.4) is 0 Å².